The van der Waals surface area contributed by atoms with Crippen LogP contribution in [0.4, 0.5) is 20.3 Å². The van der Waals surface area contributed by atoms with E-state index in [4.69, 9.17) is 4.74 Å². The minimum absolute atomic E-state index is 0.189. The second kappa shape index (κ2) is 9.07. The van der Waals surface area contributed by atoms with Gasteiger partial charge in [-0.05, 0) is 56.2 Å². The van der Waals surface area contributed by atoms with Gasteiger partial charge in [0.05, 0.1) is 5.69 Å². The number of carbonyl (C=O) groups excluding carboxylic acids is 1. The van der Waals surface area contributed by atoms with Crippen LogP contribution in [0, 0.1) is 11.6 Å². The monoisotopic (exact) mass is 424 g/mol. The van der Waals surface area contributed by atoms with Crippen molar-refractivity contribution in [3.05, 3.63) is 66.2 Å². The minimum Gasteiger partial charge on any atom is -0.478 e. The quantitative estimate of drug-likeness (QED) is 0.634. The molecule has 31 heavy (non-hydrogen) atoms. The first-order valence-electron chi connectivity index (χ1n) is 10.1. The molecule has 1 aliphatic rings. The zero-order chi connectivity index (χ0) is 21.8. The van der Waals surface area contributed by atoms with Gasteiger partial charge in [-0.3, -0.25) is 4.79 Å². The van der Waals surface area contributed by atoms with Crippen molar-refractivity contribution in [2.75, 3.05) is 23.3 Å². The average Bonchev–Trinajstić information content (AvgIpc) is 3.31. The lowest BCUT2D eigenvalue weighted by Gasteiger charge is -2.16. The van der Waals surface area contributed by atoms with Gasteiger partial charge in [0.25, 0.3) is 5.91 Å². The van der Waals surface area contributed by atoms with E-state index in [1.807, 2.05) is 18.2 Å². The molecule has 1 atom stereocenters. The van der Waals surface area contributed by atoms with Gasteiger partial charge in [-0.1, -0.05) is 12.1 Å². The molecule has 2 heterocycles. The standard InChI is InChI=1S/C23H22F2N4O2/c1-15(31-21-9-7-17(24)14-19(21)25)23(30)26-18-6-4-5-16(13-18)20-8-10-22(28-27-20)29-11-2-3-12-29/h4-10,13-15H,2-3,11-12H2,1H3,(H,26,30). The Morgan fingerprint density at radius 3 is 2.58 bits per heavy atom. The van der Waals surface area contributed by atoms with Gasteiger partial charge < -0.3 is 15.0 Å². The van der Waals surface area contributed by atoms with Gasteiger partial charge >= 0.3 is 0 Å². The highest BCUT2D eigenvalue weighted by atomic mass is 19.1. The zero-order valence-electron chi connectivity index (χ0n) is 17.0. The SMILES string of the molecule is CC(Oc1ccc(F)cc1F)C(=O)Nc1cccc(-c2ccc(N3CCCC3)nn2)c1. The van der Waals surface area contributed by atoms with Gasteiger partial charge in [-0.25, -0.2) is 8.78 Å². The van der Waals surface area contributed by atoms with Crippen LogP contribution in [0.25, 0.3) is 11.3 Å². The molecule has 160 valence electrons. The highest BCUT2D eigenvalue weighted by molar-refractivity contribution is 5.94. The number of aromatic nitrogens is 2. The van der Waals surface area contributed by atoms with Crippen LogP contribution in [0.15, 0.2) is 54.6 Å². The van der Waals surface area contributed by atoms with E-state index < -0.39 is 23.6 Å². The molecule has 0 saturated carbocycles. The second-order valence-electron chi connectivity index (χ2n) is 7.38. The third-order valence-electron chi connectivity index (χ3n) is 5.07. The fraction of sp³-hybridized carbons (Fsp3) is 0.261. The third-order valence-corrected chi connectivity index (χ3v) is 5.07. The summed E-state index contributed by atoms with van der Waals surface area (Å²) >= 11 is 0. The molecule has 1 fully saturated rings. The van der Waals surface area contributed by atoms with Crippen molar-refractivity contribution in [3.8, 4) is 17.0 Å². The Labute approximate surface area is 178 Å². The van der Waals surface area contributed by atoms with Crippen molar-refractivity contribution in [2.45, 2.75) is 25.9 Å². The zero-order valence-corrected chi connectivity index (χ0v) is 17.0. The van der Waals surface area contributed by atoms with Crippen LogP contribution in [0.3, 0.4) is 0 Å². The van der Waals surface area contributed by atoms with Crippen molar-refractivity contribution >= 4 is 17.4 Å². The molecule has 1 N–H and O–H groups in total. The molecule has 0 radical (unpaired) electrons. The molecular formula is C23H22F2N4O2. The van der Waals surface area contributed by atoms with E-state index in [1.54, 1.807) is 18.2 Å². The Bertz CT molecular complexity index is 1070. The van der Waals surface area contributed by atoms with E-state index in [0.29, 0.717) is 17.4 Å². The maximum Gasteiger partial charge on any atom is 0.265 e. The van der Waals surface area contributed by atoms with Crippen LogP contribution in [-0.4, -0.2) is 35.3 Å². The summed E-state index contributed by atoms with van der Waals surface area (Å²) in [5.41, 5.74) is 2.04. The van der Waals surface area contributed by atoms with Crippen molar-refractivity contribution in [3.63, 3.8) is 0 Å². The number of benzene rings is 2. The molecule has 1 amide bonds. The van der Waals surface area contributed by atoms with E-state index >= 15 is 0 Å². The van der Waals surface area contributed by atoms with E-state index in [-0.39, 0.29) is 5.75 Å². The van der Waals surface area contributed by atoms with Gasteiger partial charge in [-0.15, -0.1) is 10.2 Å². The first-order valence-corrected chi connectivity index (χ1v) is 10.1. The Hall–Kier alpha value is -3.55. The van der Waals surface area contributed by atoms with Gasteiger partial charge in [0.15, 0.2) is 23.5 Å². The number of nitrogens with zero attached hydrogens (tertiary/aromatic N) is 3. The maximum absolute atomic E-state index is 13.8. The third kappa shape index (κ3) is 4.96. The molecule has 3 aromatic rings. The van der Waals surface area contributed by atoms with Gasteiger partial charge in [0.2, 0.25) is 0 Å². The molecule has 8 heteroatoms. The summed E-state index contributed by atoms with van der Waals surface area (Å²) in [5, 5.41) is 11.4. The number of nitrogens with one attached hydrogen (secondary N) is 1. The normalized spacial score (nSPS) is 14.4. The number of carbonyl (C=O) groups is 1. The molecule has 1 aliphatic heterocycles. The highest BCUT2D eigenvalue weighted by Crippen LogP contribution is 2.24. The summed E-state index contributed by atoms with van der Waals surface area (Å²) in [6.45, 7) is 3.49. The minimum atomic E-state index is -0.983. The molecule has 1 unspecified atom stereocenters. The van der Waals surface area contributed by atoms with Crippen LogP contribution in [0.1, 0.15) is 19.8 Å². The molecule has 1 saturated heterocycles. The summed E-state index contributed by atoms with van der Waals surface area (Å²) in [4.78, 5) is 14.7. The van der Waals surface area contributed by atoms with Crippen LogP contribution in [0.2, 0.25) is 0 Å². The first-order chi connectivity index (χ1) is 15.0. The number of hydrogen-bond acceptors (Lipinski definition) is 5. The lowest BCUT2D eigenvalue weighted by atomic mass is 10.1. The summed E-state index contributed by atoms with van der Waals surface area (Å²) in [6, 6.07) is 14.0. The number of halogens is 2. The van der Waals surface area contributed by atoms with Crippen molar-refractivity contribution in [1.29, 1.82) is 0 Å². The second-order valence-corrected chi connectivity index (χ2v) is 7.38. The Morgan fingerprint density at radius 2 is 1.87 bits per heavy atom. The summed E-state index contributed by atoms with van der Waals surface area (Å²) in [7, 11) is 0. The number of anilines is 2. The topological polar surface area (TPSA) is 67.3 Å². The van der Waals surface area contributed by atoms with E-state index in [0.717, 1.165) is 36.6 Å². The lowest BCUT2D eigenvalue weighted by molar-refractivity contribution is -0.122. The molecule has 1 aromatic heterocycles. The predicted octanol–water partition coefficient (Wildman–Crippen LogP) is 4.43. The molecule has 2 aromatic carbocycles. The first kappa shape index (κ1) is 20.7. The van der Waals surface area contributed by atoms with E-state index in [9.17, 15) is 13.6 Å². The average molecular weight is 424 g/mol. The smallest absolute Gasteiger partial charge is 0.265 e. The van der Waals surface area contributed by atoms with Crippen LogP contribution in [-0.2, 0) is 4.79 Å². The van der Waals surface area contributed by atoms with Crippen LogP contribution >= 0.6 is 0 Å². The fourth-order valence-corrected chi connectivity index (χ4v) is 3.41. The van der Waals surface area contributed by atoms with E-state index in [2.05, 4.69) is 20.4 Å². The van der Waals surface area contributed by atoms with Gasteiger partial charge in [0, 0.05) is 30.4 Å². The highest BCUT2D eigenvalue weighted by Gasteiger charge is 2.18. The summed E-state index contributed by atoms with van der Waals surface area (Å²) in [5.74, 6) is -1.36. The Morgan fingerprint density at radius 1 is 1.06 bits per heavy atom. The maximum atomic E-state index is 13.8. The fourth-order valence-electron chi connectivity index (χ4n) is 3.41. The molecular weight excluding hydrogens is 402 g/mol. The predicted molar refractivity (Wildman–Crippen MR) is 114 cm³/mol. The van der Waals surface area contributed by atoms with Crippen molar-refractivity contribution in [1.82, 2.24) is 10.2 Å². The van der Waals surface area contributed by atoms with Crippen LogP contribution < -0.4 is 15.0 Å². The van der Waals surface area contributed by atoms with Crippen molar-refractivity contribution < 1.29 is 18.3 Å². The van der Waals surface area contributed by atoms with Gasteiger partial charge in [0.1, 0.15) is 5.82 Å². The molecule has 0 spiro atoms. The molecule has 0 bridgehead atoms. The summed E-state index contributed by atoms with van der Waals surface area (Å²) in [6.07, 6.45) is 1.35. The largest absolute Gasteiger partial charge is 0.478 e. The van der Waals surface area contributed by atoms with E-state index in [1.165, 1.54) is 19.8 Å². The molecule has 0 aliphatic carbocycles. The number of ether oxygens (including phenoxy) is 1. The lowest BCUT2D eigenvalue weighted by Crippen LogP contribution is -2.30. The van der Waals surface area contributed by atoms with Crippen molar-refractivity contribution in [2.24, 2.45) is 0 Å². The molecule has 6 nitrogen and oxygen atoms in total. The van der Waals surface area contributed by atoms with Gasteiger partial charge in [-0.2, -0.15) is 0 Å². The number of rotatable bonds is 6. The summed E-state index contributed by atoms with van der Waals surface area (Å²) < 4.78 is 32.1. The Kier molecular flexibility index (Phi) is 6.06. The van der Waals surface area contributed by atoms with Crippen LogP contribution in [0.5, 0.6) is 5.75 Å². The number of hydrogen-bond donors (Lipinski definition) is 1. The number of amides is 1. The Balaban J connectivity index is 1.42. The molecule has 4 rings (SSSR count).